The van der Waals surface area contributed by atoms with E-state index in [0.717, 1.165) is 12.0 Å². The molecule has 1 amide bonds. The third-order valence-electron chi connectivity index (χ3n) is 3.39. The van der Waals surface area contributed by atoms with Crippen molar-refractivity contribution >= 4 is 27.5 Å². The van der Waals surface area contributed by atoms with E-state index in [9.17, 15) is 9.18 Å². The van der Waals surface area contributed by atoms with Gasteiger partial charge in [-0.1, -0.05) is 13.0 Å². The summed E-state index contributed by atoms with van der Waals surface area (Å²) in [6, 6.07) is 7.50. The lowest BCUT2D eigenvalue weighted by molar-refractivity contribution is 0.102. The maximum atomic E-state index is 13.4. The molecule has 2 aromatic rings. The second kappa shape index (κ2) is 8.15. The number of nitrogens with one attached hydrogen (secondary N) is 1. The molecule has 0 spiro atoms. The summed E-state index contributed by atoms with van der Waals surface area (Å²) in [5, 5.41) is 2.71. The minimum absolute atomic E-state index is 0.357. The molecule has 0 saturated heterocycles. The lowest BCUT2D eigenvalue weighted by atomic mass is 10.1. The molecule has 1 N–H and O–H groups in total. The molecule has 24 heavy (non-hydrogen) atoms. The Morgan fingerprint density at radius 3 is 2.71 bits per heavy atom. The molecule has 0 atom stereocenters. The molecule has 128 valence electrons. The number of carbonyl (C=O) groups is 1. The molecular formula is C18H19BrFNO3. The van der Waals surface area contributed by atoms with Crippen LogP contribution in [0.15, 0.2) is 34.8 Å². The Bertz CT molecular complexity index is 749. The van der Waals surface area contributed by atoms with Crippen molar-refractivity contribution in [2.75, 3.05) is 19.0 Å². The molecule has 0 aliphatic carbocycles. The highest BCUT2D eigenvalue weighted by Crippen LogP contribution is 2.37. The molecule has 0 radical (unpaired) electrons. The minimum atomic E-state index is -0.405. The quantitative estimate of drug-likeness (QED) is 0.752. The fourth-order valence-electron chi connectivity index (χ4n) is 2.12. The van der Waals surface area contributed by atoms with Gasteiger partial charge in [0.15, 0.2) is 11.5 Å². The van der Waals surface area contributed by atoms with Gasteiger partial charge in [-0.25, -0.2) is 4.39 Å². The lowest BCUT2D eigenvalue weighted by Crippen LogP contribution is -2.13. The highest BCUT2D eigenvalue weighted by atomic mass is 79.9. The second-order valence-electron chi connectivity index (χ2n) is 5.25. The predicted octanol–water partition coefficient (Wildman–Crippen LogP) is 4.95. The highest BCUT2D eigenvalue weighted by molar-refractivity contribution is 9.10. The van der Waals surface area contributed by atoms with Crippen LogP contribution in [0.1, 0.15) is 29.3 Å². The van der Waals surface area contributed by atoms with Gasteiger partial charge in [0, 0.05) is 11.3 Å². The zero-order valence-electron chi connectivity index (χ0n) is 13.8. The van der Waals surface area contributed by atoms with E-state index in [-0.39, 0.29) is 5.91 Å². The van der Waals surface area contributed by atoms with Crippen molar-refractivity contribution in [3.05, 3.63) is 51.7 Å². The number of anilines is 1. The second-order valence-corrected chi connectivity index (χ2v) is 6.11. The van der Waals surface area contributed by atoms with Crippen molar-refractivity contribution in [2.24, 2.45) is 0 Å². The molecule has 0 saturated carbocycles. The number of ether oxygens (including phenoxy) is 2. The summed E-state index contributed by atoms with van der Waals surface area (Å²) in [6.07, 6.45) is 0.858. The first kappa shape index (κ1) is 18.3. The predicted molar refractivity (Wildman–Crippen MR) is 95.6 cm³/mol. The maximum absolute atomic E-state index is 13.4. The number of benzene rings is 2. The SMILES string of the molecule is CCCOc1c(Br)cc(C(=O)Nc2cc(F)ccc2C)cc1OC. The number of rotatable bonds is 6. The van der Waals surface area contributed by atoms with Crippen LogP contribution in [0.3, 0.4) is 0 Å². The van der Waals surface area contributed by atoms with E-state index in [1.807, 2.05) is 6.92 Å². The Morgan fingerprint density at radius 1 is 1.29 bits per heavy atom. The van der Waals surface area contributed by atoms with Crippen molar-refractivity contribution in [3.8, 4) is 11.5 Å². The van der Waals surface area contributed by atoms with Gasteiger partial charge in [-0.05, 0) is 59.1 Å². The summed E-state index contributed by atoms with van der Waals surface area (Å²) in [7, 11) is 1.51. The van der Waals surface area contributed by atoms with E-state index in [2.05, 4.69) is 21.2 Å². The van der Waals surface area contributed by atoms with E-state index in [1.54, 1.807) is 25.1 Å². The van der Waals surface area contributed by atoms with Gasteiger partial charge in [0.2, 0.25) is 0 Å². The van der Waals surface area contributed by atoms with Crippen LogP contribution in [0, 0.1) is 12.7 Å². The molecule has 2 rings (SSSR count). The Morgan fingerprint density at radius 2 is 2.04 bits per heavy atom. The van der Waals surface area contributed by atoms with E-state index >= 15 is 0 Å². The number of hydrogen-bond donors (Lipinski definition) is 1. The van der Waals surface area contributed by atoms with Crippen LogP contribution in [0.25, 0.3) is 0 Å². The van der Waals surface area contributed by atoms with Crippen LogP contribution in [0.5, 0.6) is 11.5 Å². The van der Waals surface area contributed by atoms with Crippen LogP contribution >= 0.6 is 15.9 Å². The van der Waals surface area contributed by atoms with Crippen molar-refractivity contribution in [2.45, 2.75) is 20.3 Å². The molecular weight excluding hydrogens is 377 g/mol. The van der Waals surface area contributed by atoms with Crippen LogP contribution in [-0.2, 0) is 0 Å². The van der Waals surface area contributed by atoms with Gasteiger partial charge in [-0.15, -0.1) is 0 Å². The molecule has 0 aromatic heterocycles. The number of carbonyl (C=O) groups excluding carboxylic acids is 1. The van der Waals surface area contributed by atoms with E-state index < -0.39 is 5.82 Å². The molecule has 4 nitrogen and oxygen atoms in total. The van der Waals surface area contributed by atoms with Gasteiger partial charge >= 0.3 is 0 Å². The summed E-state index contributed by atoms with van der Waals surface area (Å²) >= 11 is 3.40. The molecule has 6 heteroatoms. The minimum Gasteiger partial charge on any atom is -0.493 e. The smallest absolute Gasteiger partial charge is 0.255 e. The number of halogens is 2. The Kier molecular flexibility index (Phi) is 6.20. The summed E-state index contributed by atoms with van der Waals surface area (Å²) in [5.74, 6) is 0.250. The van der Waals surface area contributed by atoms with E-state index in [1.165, 1.54) is 19.2 Å². The number of hydrogen-bond acceptors (Lipinski definition) is 3. The average Bonchev–Trinajstić information content (AvgIpc) is 2.56. The van der Waals surface area contributed by atoms with Crippen molar-refractivity contribution in [1.29, 1.82) is 0 Å². The zero-order valence-corrected chi connectivity index (χ0v) is 15.4. The summed E-state index contributed by atoms with van der Waals surface area (Å²) in [5.41, 5.74) is 1.59. The Balaban J connectivity index is 2.29. The van der Waals surface area contributed by atoms with Gasteiger partial charge in [-0.3, -0.25) is 4.79 Å². The topological polar surface area (TPSA) is 47.6 Å². The number of methoxy groups -OCH3 is 1. The monoisotopic (exact) mass is 395 g/mol. The largest absolute Gasteiger partial charge is 0.493 e. The van der Waals surface area contributed by atoms with E-state index in [4.69, 9.17) is 9.47 Å². The van der Waals surface area contributed by atoms with Crippen molar-refractivity contribution in [1.82, 2.24) is 0 Å². The van der Waals surface area contributed by atoms with Crippen LogP contribution in [0.2, 0.25) is 0 Å². The Hall–Kier alpha value is -2.08. The van der Waals surface area contributed by atoms with Crippen molar-refractivity contribution < 1.29 is 18.7 Å². The fraction of sp³-hybridized carbons (Fsp3) is 0.278. The van der Waals surface area contributed by atoms with Crippen LogP contribution in [0.4, 0.5) is 10.1 Å². The van der Waals surface area contributed by atoms with Crippen LogP contribution < -0.4 is 14.8 Å². The van der Waals surface area contributed by atoms with Crippen LogP contribution in [-0.4, -0.2) is 19.6 Å². The molecule has 0 fully saturated rings. The molecule has 0 aliphatic heterocycles. The fourth-order valence-corrected chi connectivity index (χ4v) is 2.67. The highest BCUT2D eigenvalue weighted by Gasteiger charge is 2.16. The van der Waals surface area contributed by atoms with Gasteiger partial charge < -0.3 is 14.8 Å². The molecule has 0 heterocycles. The molecule has 0 aliphatic rings. The first-order valence-electron chi connectivity index (χ1n) is 7.54. The lowest BCUT2D eigenvalue weighted by Gasteiger charge is -2.14. The zero-order chi connectivity index (χ0) is 17.7. The number of aryl methyl sites for hydroxylation is 1. The molecule has 0 bridgehead atoms. The first-order valence-corrected chi connectivity index (χ1v) is 8.33. The van der Waals surface area contributed by atoms with Gasteiger partial charge in [0.25, 0.3) is 5.91 Å². The molecule has 0 unspecified atom stereocenters. The first-order chi connectivity index (χ1) is 11.5. The van der Waals surface area contributed by atoms with Gasteiger partial charge in [-0.2, -0.15) is 0 Å². The maximum Gasteiger partial charge on any atom is 0.255 e. The van der Waals surface area contributed by atoms with Gasteiger partial charge in [0.1, 0.15) is 5.82 Å². The Labute approximate surface area is 149 Å². The normalized spacial score (nSPS) is 10.4. The standard InChI is InChI=1S/C18H19BrFNO3/c1-4-7-24-17-14(19)8-12(9-16(17)23-3)18(22)21-15-10-13(20)6-5-11(15)2/h5-6,8-10H,4,7H2,1-3H3,(H,21,22). The average molecular weight is 396 g/mol. The third-order valence-corrected chi connectivity index (χ3v) is 3.98. The number of amides is 1. The summed E-state index contributed by atoms with van der Waals surface area (Å²) < 4.78 is 24.9. The third kappa shape index (κ3) is 4.26. The van der Waals surface area contributed by atoms with E-state index in [0.29, 0.717) is 33.8 Å². The summed E-state index contributed by atoms with van der Waals surface area (Å²) in [6.45, 7) is 4.35. The summed E-state index contributed by atoms with van der Waals surface area (Å²) in [4.78, 5) is 12.5. The van der Waals surface area contributed by atoms with Crippen molar-refractivity contribution in [3.63, 3.8) is 0 Å². The van der Waals surface area contributed by atoms with Gasteiger partial charge in [0.05, 0.1) is 18.2 Å². The molecule has 2 aromatic carbocycles.